The Bertz CT molecular complexity index is 437. The summed E-state index contributed by atoms with van der Waals surface area (Å²) in [7, 11) is 0. The third-order valence-corrected chi connectivity index (χ3v) is 3.68. The first-order valence-corrected chi connectivity index (χ1v) is 6.88. The minimum atomic E-state index is -2.60. The van der Waals surface area contributed by atoms with Crippen LogP contribution in [0.5, 0.6) is 5.75 Å². The fourth-order valence-electron chi connectivity index (χ4n) is 2.37. The van der Waals surface area contributed by atoms with Crippen LogP contribution < -0.4 is 4.74 Å². The average Bonchev–Trinajstić information content (AvgIpc) is 2.36. The quantitative estimate of drug-likeness (QED) is 0.726. The summed E-state index contributed by atoms with van der Waals surface area (Å²) < 4.78 is 45.4. The fraction of sp³-hybridized carbons (Fsp3) is 0.571. The van der Waals surface area contributed by atoms with Crippen LogP contribution in [0.3, 0.4) is 0 Å². The van der Waals surface area contributed by atoms with Gasteiger partial charge in [-0.1, -0.05) is 6.07 Å². The van der Waals surface area contributed by atoms with Crippen molar-refractivity contribution in [2.45, 2.75) is 37.5 Å². The molecule has 0 N–H and O–H groups in total. The van der Waals surface area contributed by atoms with Gasteiger partial charge in [-0.25, -0.2) is 13.2 Å². The summed E-state index contributed by atoms with van der Waals surface area (Å²) in [6.07, 6.45) is 0.975. The van der Waals surface area contributed by atoms with Crippen LogP contribution in [0.4, 0.5) is 13.2 Å². The molecule has 2 rings (SSSR count). The van der Waals surface area contributed by atoms with Crippen molar-refractivity contribution in [3.8, 4) is 5.75 Å². The van der Waals surface area contributed by atoms with Crippen molar-refractivity contribution in [2.75, 3.05) is 6.61 Å². The zero-order valence-electron chi connectivity index (χ0n) is 10.5. The van der Waals surface area contributed by atoms with Gasteiger partial charge in [0.15, 0.2) is 11.6 Å². The molecule has 1 saturated carbocycles. The molecule has 1 aromatic carbocycles. The molecular formula is C14H16ClF3O. The van der Waals surface area contributed by atoms with Crippen molar-refractivity contribution in [3.05, 3.63) is 29.6 Å². The lowest BCUT2D eigenvalue weighted by Gasteiger charge is -2.28. The summed E-state index contributed by atoms with van der Waals surface area (Å²) in [5.41, 5.74) is 0.663. The van der Waals surface area contributed by atoms with E-state index >= 15 is 0 Å². The van der Waals surface area contributed by atoms with E-state index in [9.17, 15) is 13.2 Å². The summed E-state index contributed by atoms with van der Waals surface area (Å²) >= 11 is 5.59. The maximum atomic E-state index is 13.6. The van der Waals surface area contributed by atoms with Gasteiger partial charge in [0.2, 0.25) is 5.92 Å². The Labute approximate surface area is 115 Å². The Kier molecular flexibility index (Phi) is 4.61. The number of halogens is 4. The smallest absolute Gasteiger partial charge is 0.248 e. The maximum absolute atomic E-state index is 13.6. The second kappa shape index (κ2) is 6.04. The van der Waals surface area contributed by atoms with E-state index in [2.05, 4.69) is 0 Å². The first-order valence-electron chi connectivity index (χ1n) is 6.35. The Morgan fingerprint density at radius 1 is 1.37 bits per heavy atom. The van der Waals surface area contributed by atoms with Crippen molar-refractivity contribution in [1.29, 1.82) is 0 Å². The molecule has 1 aliphatic carbocycles. The van der Waals surface area contributed by atoms with Gasteiger partial charge in [-0.3, -0.25) is 0 Å². The van der Waals surface area contributed by atoms with Crippen molar-refractivity contribution in [1.82, 2.24) is 0 Å². The van der Waals surface area contributed by atoms with Crippen molar-refractivity contribution >= 4 is 11.6 Å². The number of rotatable bonds is 4. The highest BCUT2D eigenvalue weighted by atomic mass is 35.5. The Morgan fingerprint density at radius 2 is 2.16 bits per heavy atom. The third kappa shape index (κ3) is 4.03. The molecule has 1 fully saturated rings. The molecule has 1 aliphatic rings. The zero-order valence-corrected chi connectivity index (χ0v) is 11.2. The van der Waals surface area contributed by atoms with Gasteiger partial charge in [0.25, 0.3) is 0 Å². The number of ether oxygens (including phenoxy) is 1. The predicted octanol–water partition coefficient (Wildman–Crippen LogP) is 4.77. The first kappa shape index (κ1) is 14.5. The summed E-state index contributed by atoms with van der Waals surface area (Å²) in [6.45, 7) is 0.132. The molecule has 0 aliphatic heterocycles. The lowest BCUT2D eigenvalue weighted by Crippen LogP contribution is -2.29. The highest BCUT2D eigenvalue weighted by Crippen LogP contribution is 2.36. The number of hydrogen-bond acceptors (Lipinski definition) is 1. The van der Waals surface area contributed by atoms with Gasteiger partial charge in [0.05, 0.1) is 6.61 Å². The highest BCUT2D eigenvalue weighted by molar-refractivity contribution is 6.17. The van der Waals surface area contributed by atoms with Crippen molar-refractivity contribution < 1.29 is 17.9 Å². The molecule has 0 amide bonds. The van der Waals surface area contributed by atoms with Crippen LogP contribution in [-0.4, -0.2) is 12.5 Å². The van der Waals surface area contributed by atoms with Gasteiger partial charge >= 0.3 is 0 Å². The molecule has 0 heterocycles. The fourth-order valence-corrected chi connectivity index (χ4v) is 2.54. The van der Waals surface area contributed by atoms with Crippen LogP contribution in [0, 0.1) is 11.7 Å². The average molecular weight is 293 g/mol. The molecule has 1 unspecified atom stereocenters. The summed E-state index contributed by atoms with van der Waals surface area (Å²) in [6, 6.07) is 4.46. The van der Waals surface area contributed by atoms with E-state index in [1.165, 1.54) is 12.1 Å². The van der Waals surface area contributed by atoms with E-state index in [1.807, 2.05) is 0 Å². The molecule has 1 atom stereocenters. The van der Waals surface area contributed by atoms with Gasteiger partial charge in [-0.2, -0.15) is 0 Å². The number of alkyl halides is 3. The van der Waals surface area contributed by atoms with Gasteiger partial charge in [-0.15, -0.1) is 11.6 Å². The Morgan fingerprint density at radius 3 is 2.79 bits per heavy atom. The topological polar surface area (TPSA) is 9.23 Å². The minimum Gasteiger partial charge on any atom is -0.490 e. The third-order valence-electron chi connectivity index (χ3n) is 3.37. The van der Waals surface area contributed by atoms with Crippen LogP contribution in [0.25, 0.3) is 0 Å². The molecular weight excluding hydrogens is 277 g/mol. The normalized spacial score (nSPS) is 22.2. The van der Waals surface area contributed by atoms with E-state index in [-0.39, 0.29) is 37.0 Å². The molecule has 0 saturated heterocycles. The molecule has 5 heteroatoms. The second-order valence-electron chi connectivity index (χ2n) is 5.03. The van der Waals surface area contributed by atoms with Gasteiger partial charge in [0.1, 0.15) is 0 Å². The van der Waals surface area contributed by atoms with Crippen LogP contribution in [-0.2, 0) is 5.88 Å². The lowest BCUT2D eigenvalue weighted by molar-refractivity contribution is -0.0586. The van der Waals surface area contributed by atoms with Crippen molar-refractivity contribution in [2.24, 2.45) is 5.92 Å². The summed E-state index contributed by atoms with van der Waals surface area (Å²) in [5.74, 6) is -2.99. The maximum Gasteiger partial charge on any atom is 0.248 e. The minimum absolute atomic E-state index is 0.0533. The molecule has 0 spiro atoms. The largest absolute Gasteiger partial charge is 0.490 e. The van der Waals surface area contributed by atoms with E-state index in [1.54, 1.807) is 6.07 Å². The van der Waals surface area contributed by atoms with E-state index < -0.39 is 11.7 Å². The molecule has 1 aromatic rings. The number of benzene rings is 1. The Hall–Kier alpha value is -0.900. The zero-order chi connectivity index (χ0) is 13.9. The summed E-state index contributed by atoms with van der Waals surface area (Å²) in [5, 5.41) is 0. The summed E-state index contributed by atoms with van der Waals surface area (Å²) in [4.78, 5) is 0. The number of hydrogen-bond donors (Lipinski definition) is 0. The van der Waals surface area contributed by atoms with E-state index in [0.717, 1.165) is 0 Å². The SMILES string of the molecule is Fc1cc(CCl)ccc1OCC1CCCC(F)(F)C1. The van der Waals surface area contributed by atoms with Gasteiger partial charge in [0, 0.05) is 18.7 Å². The molecule has 0 radical (unpaired) electrons. The highest BCUT2D eigenvalue weighted by Gasteiger charge is 2.36. The van der Waals surface area contributed by atoms with Crippen molar-refractivity contribution in [3.63, 3.8) is 0 Å². The van der Waals surface area contributed by atoms with Crippen LogP contribution >= 0.6 is 11.6 Å². The van der Waals surface area contributed by atoms with Crippen LogP contribution in [0.2, 0.25) is 0 Å². The van der Waals surface area contributed by atoms with Crippen LogP contribution in [0.15, 0.2) is 18.2 Å². The molecule has 0 aromatic heterocycles. The standard InChI is InChI=1S/C14H16ClF3O/c15-8-10-3-4-13(12(16)6-10)19-9-11-2-1-5-14(17,18)7-11/h3-4,6,11H,1-2,5,7-9H2. The Balaban J connectivity index is 1.91. The molecule has 1 nitrogen and oxygen atoms in total. The van der Waals surface area contributed by atoms with Crippen LogP contribution in [0.1, 0.15) is 31.2 Å². The lowest BCUT2D eigenvalue weighted by atomic mass is 9.87. The van der Waals surface area contributed by atoms with Gasteiger partial charge in [-0.05, 0) is 36.5 Å². The van der Waals surface area contributed by atoms with Gasteiger partial charge < -0.3 is 4.74 Å². The molecule has 0 bridgehead atoms. The monoisotopic (exact) mass is 292 g/mol. The second-order valence-corrected chi connectivity index (χ2v) is 5.29. The molecule has 19 heavy (non-hydrogen) atoms. The predicted molar refractivity (Wildman–Crippen MR) is 68.4 cm³/mol. The molecule has 106 valence electrons. The first-order chi connectivity index (χ1) is 9.00. The van der Waals surface area contributed by atoms with E-state index in [0.29, 0.717) is 18.4 Å². The van der Waals surface area contributed by atoms with E-state index in [4.69, 9.17) is 16.3 Å².